The summed E-state index contributed by atoms with van der Waals surface area (Å²) in [5.41, 5.74) is 1.07. The number of aromatic nitrogens is 1. The van der Waals surface area contributed by atoms with E-state index in [4.69, 9.17) is 10.6 Å². The van der Waals surface area contributed by atoms with Crippen molar-refractivity contribution in [1.82, 2.24) is 4.98 Å². The molecular weight excluding hydrogens is 266 g/mol. The fraction of sp³-hybridized carbons (Fsp3) is 0.545. The minimum Gasteiger partial charge on any atom is -0.385 e. The van der Waals surface area contributed by atoms with Crippen molar-refractivity contribution in [3.8, 4) is 0 Å². The van der Waals surface area contributed by atoms with Crippen LogP contribution in [-0.4, -0.2) is 39.9 Å². The summed E-state index contributed by atoms with van der Waals surface area (Å²) in [5, 5.41) is 24.1. The van der Waals surface area contributed by atoms with Gasteiger partial charge in [-0.2, -0.15) is 0 Å². The number of hydrazine groups is 1. The maximum absolute atomic E-state index is 10.9. The number of nitrogens with two attached hydrogens (primary N) is 1. The second-order valence-electron chi connectivity index (χ2n) is 4.69. The predicted octanol–water partition coefficient (Wildman–Crippen LogP) is 0.227. The highest BCUT2D eigenvalue weighted by atomic mass is 16.6. The van der Waals surface area contributed by atoms with Gasteiger partial charge in [0.25, 0.3) is 0 Å². The lowest BCUT2D eigenvalue weighted by atomic mass is 9.97. The number of pyridine rings is 1. The molecule has 1 aromatic rings. The Morgan fingerprint density at radius 1 is 1.70 bits per heavy atom. The van der Waals surface area contributed by atoms with Crippen LogP contribution in [0.3, 0.4) is 0 Å². The summed E-state index contributed by atoms with van der Waals surface area (Å²) in [7, 11) is 0. The first-order valence-electron chi connectivity index (χ1n) is 6.16. The highest BCUT2D eigenvalue weighted by Gasteiger charge is 2.39. The Hall–Kier alpha value is -1.97. The number of hydrogen-bond donors (Lipinski definition) is 4. The molecular formula is C11H17N5O4. The molecule has 0 bridgehead atoms. The number of hydrogen-bond acceptors (Lipinski definition) is 8. The van der Waals surface area contributed by atoms with Gasteiger partial charge in [0.2, 0.25) is 5.82 Å². The molecule has 1 aliphatic rings. The van der Waals surface area contributed by atoms with Crippen molar-refractivity contribution < 1.29 is 14.8 Å². The van der Waals surface area contributed by atoms with Crippen LogP contribution in [0, 0.1) is 10.1 Å². The van der Waals surface area contributed by atoms with Gasteiger partial charge >= 0.3 is 5.69 Å². The summed E-state index contributed by atoms with van der Waals surface area (Å²) >= 11 is 0. The average molecular weight is 283 g/mol. The second kappa shape index (κ2) is 5.57. The van der Waals surface area contributed by atoms with Crippen LogP contribution in [0.1, 0.15) is 13.3 Å². The van der Waals surface area contributed by atoms with Gasteiger partial charge in [-0.05, 0) is 13.0 Å². The van der Waals surface area contributed by atoms with Crippen LogP contribution in [-0.2, 0) is 4.74 Å². The molecule has 2 unspecified atom stereocenters. The van der Waals surface area contributed by atoms with E-state index in [9.17, 15) is 15.2 Å². The van der Waals surface area contributed by atoms with Crippen molar-refractivity contribution in [2.45, 2.75) is 25.0 Å². The highest BCUT2D eigenvalue weighted by Crippen LogP contribution is 2.28. The summed E-state index contributed by atoms with van der Waals surface area (Å²) < 4.78 is 5.30. The first-order valence-corrected chi connectivity index (χ1v) is 6.16. The predicted molar refractivity (Wildman–Crippen MR) is 72.2 cm³/mol. The third-order valence-corrected chi connectivity index (χ3v) is 3.44. The van der Waals surface area contributed by atoms with Gasteiger partial charge in [0.1, 0.15) is 11.4 Å². The van der Waals surface area contributed by atoms with Crippen LogP contribution >= 0.6 is 0 Å². The molecule has 0 radical (unpaired) electrons. The van der Waals surface area contributed by atoms with Crippen molar-refractivity contribution >= 4 is 17.3 Å². The standard InChI is InChI=1S/C11H17N5O4/c1-7-11(17,4-5-20-7)6-13-10-8(16(18)19)2-3-9(14-10)15-12/h2-3,7,17H,4-6,12H2,1H3,(H2,13,14,15). The maximum atomic E-state index is 10.9. The Kier molecular flexibility index (Phi) is 4.02. The summed E-state index contributed by atoms with van der Waals surface area (Å²) in [6, 6.07) is 2.70. The van der Waals surface area contributed by atoms with Crippen LogP contribution in [0.2, 0.25) is 0 Å². The molecule has 110 valence electrons. The van der Waals surface area contributed by atoms with E-state index in [1.54, 1.807) is 6.92 Å². The van der Waals surface area contributed by atoms with E-state index in [2.05, 4.69) is 15.7 Å². The number of ether oxygens (including phenoxy) is 1. The van der Waals surface area contributed by atoms with E-state index in [0.717, 1.165) is 0 Å². The number of nitrogen functional groups attached to an aromatic ring is 1. The average Bonchev–Trinajstić information content (AvgIpc) is 2.76. The van der Waals surface area contributed by atoms with Crippen molar-refractivity contribution in [1.29, 1.82) is 0 Å². The zero-order valence-electron chi connectivity index (χ0n) is 11.0. The van der Waals surface area contributed by atoms with E-state index in [0.29, 0.717) is 18.8 Å². The summed E-state index contributed by atoms with van der Waals surface area (Å²) in [6.07, 6.45) is 0.119. The fourth-order valence-electron chi connectivity index (χ4n) is 2.05. The zero-order chi connectivity index (χ0) is 14.8. The number of nitro groups is 1. The van der Waals surface area contributed by atoms with E-state index < -0.39 is 10.5 Å². The van der Waals surface area contributed by atoms with E-state index in [1.807, 2.05) is 0 Å². The molecule has 0 aliphatic carbocycles. The smallest absolute Gasteiger partial charge is 0.311 e. The van der Waals surface area contributed by atoms with Crippen LogP contribution < -0.4 is 16.6 Å². The Labute approximate surface area is 115 Å². The molecule has 0 saturated carbocycles. The molecule has 2 rings (SSSR count). The van der Waals surface area contributed by atoms with Gasteiger partial charge in [-0.25, -0.2) is 10.8 Å². The van der Waals surface area contributed by atoms with Crippen LogP contribution in [0.5, 0.6) is 0 Å². The Morgan fingerprint density at radius 2 is 2.45 bits per heavy atom. The first-order chi connectivity index (χ1) is 9.46. The fourth-order valence-corrected chi connectivity index (χ4v) is 2.05. The lowest BCUT2D eigenvalue weighted by Crippen LogP contribution is -2.43. The number of aliphatic hydroxyl groups is 1. The summed E-state index contributed by atoms with van der Waals surface area (Å²) in [4.78, 5) is 14.4. The number of nitrogens with one attached hydrogen (secondary N) is 2. The minimum atomic E-state index is -1.07. The molecule has 9 heteroatoms. The third kappa shape index (κ3) is 2.79. The van der Waals surface area contributed by atoms with Crippen molar-refractivity contribution in [3.63, 3.8) is 0 Å². The Morgan fingerprint density at radius 3 is 3.00 bits per heavy atom. The molecule has 20 heavy (non-hydrogen) atoms. The molecule has 1 fully saturated rings. The molecule has 9 nitrogen and oxygen atoms in total. The van der Waals surface area contributed by atoms with Gasteiger partial charge in [-0.15, -0.1) is 0 Å². The lowest BCUT2D eigenvalue weighted by Gasteiger charge is -2.26. The largest absolute Gasteiger partial charge is 0.385 e. The topological polar surface area (TPSA) is 136 Å². The van der Waals surface area contributed by atoms with Gasteiger partial charge in [0.05, 0.1) is 11.0 Å². The molecule has 5 N–H and O–H groups in total. The molecule has 2 atom stereocenters. The number of nitrogens with zero attached hydrogens (tertiary/aromatic N) is 2. The monoisotopic (exact) mass is 283 g/mol. The molecule has 2 heterocycles. The molecule has 0 amide bonds. The summed E-state index contributed by atoms with van der Waals surface area (Å²) in [6.45, 7) is 2.32. The van der Waals surface area contributed by atoms with Crippen LogP contribution in [0.25, 0.3) is 0 Å². The molecule has 1 aliphatic heterocycles. The van der Waals surface area contributed by atoms with Gasteiger partial charge in [-0.1, -0.05) is 0 Å². The molecule has 0 spiro atoms. The molecule has 1 aromatic heterocycles. The van der Waals surface area contributed by atoms with E-state index in [-0.39, 0.29) is 24.2 Å². The maximum Gasteiger partial charge on any atom is 0.311 e. The van der Waals surface area contributed by atoms with E-state index >= 15 is 0 Å². The molecule has 0 aromatic carbocycles. The zero-order valence-corrected chi connectivity index (χ0v) is 11.0. The van der Waals surface area contributed by atoms with Crippen molar-refractivity contribution in [3.05, 3.63) is 22.2 Å². The van der Waals surface area contributed by atoms with E-state index in [1.165, 1.54) is 12.1 Å². The lowest BCUT2D eigenvalue weighted by molar-refractivity contribution is -0.384. The van der Waals surface area contributed by atoms with Crippen LogP contribution in [0.15, 0.2) is 12.1 Å². The number of rotatable bonds is 5. The highest BCUT2D eigenvalue weighted by molar-refractivity contribution is 5.60. The molecule has 1 saturated heterocycles. The van der Waals surface area contributed by atoms with Crippen molar-refractivity contribution in [2.75, 3.05) is 23.9 Å². The van der Waals surface area contributed by atoms with Gasteiger partial charge < -0.3 is 20.6 Å². The third-order valence-electron chi connectivity index (χ3n) is 3.44. The van der Waals surface area contributed by atoms with Gasteiger partial charge in [-0.3, -0.25) is 10.1 Å². The number of anilines is 2. The Bertz CT molecular complexity index is 512. The first kappa shape index (κ1) is 14.4. The minimum absolute atomic E-state index is 0.0537. The van der Waals surface area contributed by atoms with Gasteiger partial charge in [0, 0.05) is 25.6 Å². The van der Waals surface area contributed by atoms with Gasteiger partial charge in [0.15, 0.2) is 0 Å². The van der Waals surface area contributed by atoms with Crippen LogP contribution in [0.4, 0.5) is 17.3 Å². The quantitative estimate of drug-likeness (QED) is 0.342. The second-order valence-corrected chi connectivity index (χ2v) is 4.69. The SMILES string of the molecule is CC1OCCC1(O)CNc1nc(NN)ccc1[N+](=O)[O-]. The normalized spacial score (nSPS) is 25.4. The Balaban J connectivity index is 2.17. The summed E-state index contributed by atoms with van der Waals surface area (Å²) in [5.74, 6) is 5.58. The van der Waals surface area contributed by atoms with Crippen molar-refractivity contribution in [2.24, 2.45) is 5.84 Å².